The van der Waals surface area contributed by atoms with Crippen LogP contribution in [0.1, 0.15) is 167 Å². The molecular weight excluding hydrogens is 498 g/mol. The van der Waals surface area contributed by atoms with Gasteiger partial charge in [-0.25, -0.2) is 0 Å². The standard InChI is InChI=1S/C35H59NO4/c1-2-3-4-5-6-7-8-9-10-11-12-13-14-15-16-17-18-19-20-21-22-23-24-25-26-27-28-35(37)40-34-31-29-33(30-32-34)36(38)39/h19-20,29-32H,2-18,21-28H2,1H3. The highest BCUT2D eigenvalue weighted by molar-refractivity contribution is 5.72. The Bertz CT molecular complexity index is 759. The maximum Gasteiger partial charge on any atom is 0.311 e. The van der Waals surface area contributed by atoms with Crippen LogP contribution in [0, 0.1) is 10.1 Å². The average molecular weight is 558 g/mol. The third kappa shape index (κ3) is 22.6. The van der Waals surface area contributed by atoms with Crippen molar-refractivity contribution in [1.29, 1.82) is 0 Å². The van der Waals surface area contributed by atoms with Crippen molar-refractivity contribution >= 4 is 11.7 Å². The van der Waals surface area contributed by atoms with Gasteiger partial charge in [0.2, 0.25) is 0 Å². The minimum Gasteiger partial charge on any atom is -0.427 e. The number of ether oxygens (including phenoxy) is 1. The van der Waals surface area contributed by atoms with Gasteiger partial charge in [0, 0.05) is 18.6 Å². The summed E-state index contributed by atoms with van der Waals surface area (Å²) in [5.74, 6) is 0.0850. The van der Waals surface area contributed by atoms with Crippen molar-refractivity contribution in [3.8, 4) is 5.75 Å². The van der Waals surface area contributed by atoms with E-state index in [1.54, 1.807) is 0 Å². The van der Waals surface area contributed by atoms with E-state index in [4.69, 9.17) is 4.74 Å². The number of carbonyl (C=O) groups excluding carboxylic acids is 1. The fraction of sp³-hybridized carbons (Fsp3) is 0.743. The largest absolute Gasteiger partial charge is 0.427 e. The highest BCUT2D eigenvalue weighted by Crippen LogP contribution is 2.19. The first-order chi connectivity index (χ1) is 19.6. The van der Waals surface area contributed by atoms with Gasteiger partial charge in [0.25, 0.3) is 5.69 Å². The zero-order chi connectivity index (χ0) is 28.9. The third-order valence-electron chi connectivity index (χ3n) is 7.67. The number of nitrogens with zero attached hydrogens (tertiary/aromatic N) is 1. The number of carbonyl (C=O) groups is 1. The van der Waals surface area contributed by atoms with E-state index in [-0.39, 0.29) is 11.7 Å². The van der Waals surface area contributed by atoms with Gasteiger partial charge in [-0.1, -0.05) is 141 Å². The van der Waals surface area contributed by atoms with Gasteiger partial charge in [-0.15, -0.1) is 0 Å². The minimum atomic E-state index is -0.468. The molecule has 0 N–H and O–H groups in total. The van der Waals surface area contributed by atoms with Gasteiger partial charge in [-0.2, -0.15) is 0 Å². The monoisotopic (exact) mass is 557 g/mol. The predicted octanol–water partition coefficient (Wildman–Crippen LogP) is 11.8. The van der Waals surface area contributed by atoms with Gasteiger partial charge in [0.05, 0.1) is 4.92 Å². The van der Waals surface area contributed by atoms with Gasteiger partial charge in [0.1, 0.15) is 5.75 Å². The molecule has 1 rings (SSSR count). The van der Waals surface area contributed by atoms with Gasteiger partial charge < -0.3 is 4.74 Å². The Balaban J connectivity index is 1.77. The normalized spacial score (nSPS) is 11.3. The molecule has 0 saturated heterocycles. The molecule has 40 heavy (non-hydrogen) atoms. The number of non-ortho nitro benzene ring substituents is 1. The molecule has 0 bridgehead atoms. The summed E-state index contributed by atoms with van der Waals surface area (Å²) >= 11 is 0. The highest BCUT2D eigenvalue weighted by Gasteiger charge is 2.08. The van der Waals surface area contributed by atoms with Crippen LogP contribution in [0.4, 0.5) is 5.69 Å². The second kappa shape index (κ2) is 27.0. The molecule has 0 aliphatic heterocycles. The van der Waals surface area contributed by atoms with Crippen molar-refractivity contribution < 1.29 is 14.5 Å². The molecule has 1 aromatic rings. The Labute approximate surface area is 245 Å². The van der Waals surface area contributed by atoms with Crippen LogP contribution in [-0.4, -0.2) is 10.9 Å². The lowest BCUT2D eigenvalue weighted by Crippen LogP contribution is -2.07. The van der Waals surface area contributed by atoms with Crippen molar-refractivity contribution in [3.63, 3.8) is 0 Å². The minimum absolute atomic E-state index is 0.00862. The van der Waals surface area contributed by atoms with Gasteiger partial charge in [-0.05, 0) is 44.2 Å². The summed E-state index contributed by atoms with van der Waals surface area (Å²) in [6.45, 7) is 2.29. The van der Waals surface area contributed by atoms with Gasteiger partial charge in [0.15, 0.2) is 0 Å². The topological polar surface area (TPSA) is 69.4 Å². The van der Waals surface area contributed by atoms with E-state index in [9.17, 15) is 14.9 Å². The molecule has 0 aromatic heterocycles. The molecule has 5 nitrogen and oxygen atoms in total. The van der Waals surface area contributed by atoms with Crippen LogP contribution in [0.5, 0.6) is 5.75 Å². The summed E-state index contributed by atoms with van der Waals surface area (Å²) in [5, 5.41) is 10.7. The number of unbranched alkanes of at least 4 members (excludes halogenated alkanes) is 22. The summed E-state index contributed by atoms with van der Waals surface area (Å²) in [6, 6.07) is 5.62. The molecule has 5 heteroatoms. The van der Waals surface area contributed by atoms with Crippen LogP contribution < -0.4 is 4.74 Å². The SMILES string of the molecule is CCCCCCCCCCCCCCCCCCC=CCCCCCCCCC(=O)Oc1ccc([N+](=O)[O-])cc1. The van der Waals surface area contributed by atoms with E-state index in [2.05, 4.69) is 19.1 Å². The Kier molecular flexibility index (Phi) is 24.2. The van der Waals surface area contributed by atoms with Crippen LogP contribution >= 0.6 is 0 Å². The molecule has 0 aliphatic carbocycles. The maximum atomic E-state index is 11.9. The second-order valence-electron chi connectivity index (χ2n) is 11.4. The molecule has 1 aromatic carbocycles. The summed E-state index contributed by atoms with van der Waals surface area (Å²) in [6.07, 6.45) is 37.0. The zero-order valence-corrected chi connectivity index (χ0v) is 25.7. The molecule has 0 unspecified atom stereocenters. The van der Waals surface area contributed by atoms with E-state index in [0.29, 0.717) is 12.2 Å². The number of hydrogen-bond donors (Lipinski definition) is 0. The lowest BCUT2D eigenvalue weighted by molar-refractivity contribution is -0.384. The lowest BCUT2D eigenvalue weighted by Gasteiger charge is -2.04. The Morgan fingerprint density at radius 2 is 1.00 bits per heavy atom. The zero-order valence-electron chi connectivity index (χ0n) is 25.7. The van der Waals surface area contributed by atoms with Crippen LogP contribution in [0.2, 0.25) is 0 Å². The molecule has 0 atom stereocenters. The van der Waals surface area contributed by atoms with Crippen molar-refractivity contribution in [1.82, 2.24) is 0 Å². The molecule has 0 saturated carbocycles. The molecule has 0 spiro atoms. The van der Waals surface area contributed by atoms with E-state index >= 15 is 0 Å². The van der Waals surface area contributed by atoms with Gasteiger partial charge >= 0.3 is 5.97 Å². The number of allylic oxidation sites excluding steroid dienone is 2. The van der Waals surface area contributed by atoms with Crippen molar-refractivity contribution in [2.45, 2.75) is 167 Å². The number of benzene rings is 1. The first-order valence-electron chi connectivity index (χ1n) is 16.7. The first-order valence-corrected chi connectivity index (χ1v) is 16.7. The Hall–Kier alpha value is -2.17. The molecule has 0 amide bonds. The average Bonchev–Trinajstić information content (AvgIpc) is 2.95. The predicted molar refractivity (Wildman–Crippen MR) is 169 cm³/mol. The van der Waals surface area contributed by atoms with Crippen LogP contribution in [0.3, 0.4) is 0 Å². The van der Waals surface area contributed by atoms with Crippen LogP contribution in [0.25, 0.3) is 0 Å². The van der Waals surface area contributed by atoms with E-state index in [0.717, 1.165) is 19.3 Å². The third-order valence-corrected chi connectivity index (χ3v) is 7.67. The van der Waals surface area contributed by atoms with E-state index in [1.807, 2.05) is 0 Å². The summed E-state index contributed by atoms with van der Waals surface area (Å²) < 4.78 is 5.24. The maximum absolute atomic E-state index is 11.9. The van der Waals surface area contributed by atoms with Crippen molar-refractivity contribution in [2.75, 3.05) is 0 Å². The fourth-order valence-corrected chi connectivity index (χ4v) is 5.10. The number of nitro groups is 1. The molecule has 0 fully saturated rings. The Morgan fingerprint density at radius 1 is 0.625 bits per heavy atom. The van der Waals surface area contributed by atoms with E-state index < -0.39 is 4.92 Å². The quantitative estimate of drug-likeness (QED) is 0.0256. The Morgan fingerprint density at radius 3 is 1.40 bits per heavy atom. The molecule has 228 valence electrons. The molecular formula is C35H59NO4. The molecule has 0 radical (unpaired) electrons. The summed E-state index contributed by atoms with van der Waals surface area (Å²) in [7, 11) is 0. The fourth-order valence-electron chi connectivity index (χ4n) is 5.10. The van der Waals surface area contributed by atoms with Gasteiger partial charge in [-0.3, -0.25) is 14.9 Å². The summed E-state index contributed by atoms with van der Waals surface area (Å²) in [5.41, 5.74) is -0.00862. The number of esters is 1. The van der Waals surface area contributed by atoms with Crippen LogP contribution in [0.15, 0.2) is 36.4 Å². The smallest absolute Gasteiger partial charge is 0.311 e. The molecule has 0 heterocycles. The second-order valence-corrected chi connectivity index (χ2v) is 11.4. The first kappa shape index (κ1) is 35.9. The lowest BCUT2D eigenvalue weighted by atomic mass is 10.0. The number of nitro benzene ring substituents is 1. The number of hydrogen-bond acceptors (Lipinski definition) is 4. The van der Waals surface area contributed by atoms with Crippen LogP contribution in [-0.2, 0) is 4.79 Å². The van der Waals surface area contributed by atoms with Crippen molar-refractivity contribution in [2.24, 2.45) is 0 Å². The highest BCUT2D eigenvalue weighted by atomic mass is 16.6. The van der Waals surface area contributed by atoms with Crippen molar-refractivity contribution in [3.05, 3.63) is 46.5 Å². The van der Waals surface area contributed by atoms with E-state index in [1.165, 1.54) is 159 Å². The summed E-state index contributed by atoms with van der Waals surface area (Å²) in [4.78, 5) is 22.1. The number of rotatable bonds is 28. The molecule has 0 aliphatic rings.